The fraction of sp³-hybridized carbons (Fsp3) is 0.438. The van der Waals surface area contributed by atoms with Gasteiger partial charge in [0.25, 0.3) is 5.91 Å². The third kappa shape index (κ3) is 1.94. The van der Waals surface area contributed by atoms with Gasteiger partial charge in [-0.3, -0.25) is 19.7 Å². The summed E-state index contributed by atoms with van der Waals surface area (Å²) in [4.78, 5) is 37.5. The van der Waals surface area contributed by atoms with Gasteiger partial charge in [0.1, 0.15) is 6.04 Å². The van der Waals surface area contributed by atoms with Crippen LogP contribution in [0.4, 0.5) is 0 Å². The highest BCUT2D eigenvalue weighted by atomic mass is 16.2. The van der Waals surface area contributed by atoms with Crippen LogP contribution in [0.1, 0.15) is 39.9 Å². The molecule has 1 saturated heterocycles. The molecule has 3 aliphatic rings. The lowest BCUT2D eigenvalue weighted by atomic mass is 10.0. The lowest BCUT2D eigenvalue weighted by Crippen LogP contribution is -2.52. The quantitative estimate of drug-likeness (QED) is 0.707. The number of nitrogens with two attached hydrogens (primary N) is 1. The predicted octanol–water partition coefficient (Wildman–Crippen LogP) is -0.127. The summed E-state index contributed by atoms with van der Waals surface area (Å²) in [6.45, 7) is 0.433. The first kappa shape index (κ1) is 13.5. The molecule has 114 valence electrons. The number of nitrogens with one attached hydrogen (secondary N) is 1. The van der Waals surface area contributed by atoms with Crippen LogP contribution < -0.4 is 11.1 Å². The number of amides is 3. The zero-order valence-corrected chi connectivity index (χ0v) is 12.1. The molecule has 0 saturated carbocycles. The molecular formula is C16H17N3O3. The Bertz CT molecular complexity index is 713. The average Bonchev–Trinajstić information content (AvgIpc) is 2.96. The molecule has 22 heavy (non-hydrogen) atoms. The van der Waals surface area contributed by atoms with Crippen LogP contribution in [0.3, 0.4) is 0 Å². The zero-order chi connectivity index (χ0) is 15.4. The second-order valence-electron chi connectivity index (χ2n) is 6.35. The maximum atomic E-state index is 12.6. The van der Waals surface area contributed by atoms with Crippen molar-refractivity contribution in [3.8, 4) is 0 Å². The van der Waals surface area contributed by atoms with E-state index in [1.165, 1.54) is 5.56 Å². The summed E-state index contributed by atoms with van der Waals surface area (Å²) in [6.07, 6.45) is 2.32. The summed E-state index contributed by atoms with van der Waals surface area (Å²) in [5, 5.41) is 2.32. The van der Waals surface area contributed by atoms with Crippen molar-refractivity contribution >= 4 is 17.7 Å². The summed E-state index contributed by atoms with van der Waals surface area (Å²) >= 11 is 0. The molecule has 1 aliphatic carbocycles. The summed E-state index contributed by atoms with van der Waals surface area (Å²) in [6, 6.07) is 3.58. The summed E-state index contributed by atoms with van der Waals surface area (Å²) in [5.74, 6) is -0.752. The molecule has 1 unspecified atom stereocenters. The van der Waals surface area contributed by atoms with Crippen LogP contribution in [0.15, 0.2) is 12.1 Å². The van der Waals surface area contributed by atoms with Crippen LogP contribution in [0.25, 0.3) is 0 Å². The van der Waals surface area contributed by atoms with Gasteiger partial charge in [-0.2, -0.15) is 0 Å². The second kappa shape index (κ2) is 4.64. The van der Waals surface area contributed by atoms with Gasteiger partial charge >= 0.3 is 0 Å². The molecule has 4 rings (SSSR count). The normalized spacial score (nSPS) is 27.0. The van der Waals surface area contributed by atoms with Crippen molar-refractivity contribution in [1.82, 2.24) is 10.2 Å². The van der Waals surface area contributed by atoms with Crippen molar-refractivity contribution in [3.63, 3.8) is 0 Å². The number of imide groups is 1. The van der Waals surface area contributed by atoms with Crippen molar-refractivity contribution < 1.29 is 14.4 Å². The van der Waals surface area contributed by atoms with Crippen molar-refractivity contribution in [2.75, 3.05) is 0 Å². The molecule has 1 fully saturated rings. The smallest absolute Gasteiger partial charge is 0.255 e. The Kier molecular flexibility index (Phi) is 2.84. The summed E-state index contributed by atoms with van der Waals surface area (Å²) < 4.78 is 0. The third-order valence-electron chi connectivity index (χ3n) is 4.81. The van der Waals surface area contributed by atoms with Gasteiger partial charge < -0.3 is 10.6 Å². The van der Waals surface area contributed by atoms with E-state index in [9.17, 15) is 14.4 Å². The van der Waals surface area contributed by atoms with Crippen molar-refractivity contribution in [2.45, 2.75) is 44.3 Å². The number of benzene rings is 1. The Morgan fingerprint density at radius 3 is 2.55 bits per heavy atom. The molecule has 0 bridgehead atoms. The highest BCUT2D eigenvalue weighted by Gasteiger charge is 2.39. The third-order valence-corrected chi connectivity index (χ3v) is 4.81. The number of piperidine rings is 1. The number of fused-ring (bicyclic) bond motifs is 2. The lowest BCUT2D eigenvalue weighted by Gasteiger charge is -2.29. The topological polar surface area (TPSA) is 92.5 Å². The molecule has 3 amide bonds. The van der Waals surface area contributed by atoms with E-state index in [0.29, 0.717) is 18.5 Å². The molecule has 1 aromatic rings. The van der Waals surface area contributed by atoms with E-state index < -0.39 is 6.04 Å². The minimum Gasteiger partial charge on any atom is -0.327 e. The van der Waals surface area contributed by atoms with Gasteiger partial charge in [0, 0.05) is 24.6 Å². The maximum Gasteiger partial charge on any atom is 0.255 e. The largest absolute Gasteiger partial charge is 0.327 e. The Balaban J connectivity index is 1.63. The summed E-state index contributed by atoms with van der Waals surface area (Å²) in [5.41, 5.74) is 9.97. The highest BCUT2D eigenvalue weighted by Crippen LogP contribution is 2.32. The molecule has 0 spiro atoms. The minimum absolute atomic E-state index is 0.118. The highest BCUT2D eigenvalue weighted by molar-refractivity contribution is 6.05. The van der Waals surface area contributed by atoms with Gasteiger partial charge in [0.15, 0.2) is 0 Å². The SMILES string of the molecule is NC1Cc2cc3c(cc2C1)C(=O)N([C@@H]1CCC(=O)NC1=O)C3. The Morgan fingerprint density at radius 1 is 1.09 bits per heavy atom. The number of rotatable bonds is 1. The van der Waals surface area contributed by atoms with Gasteiger partial charge in [0.2, 0.25) is 11.8 Å². The van der Waals surface area contributed by atoms with Gasteiger partial charge in [-0.1, -0.05) is 6.07 Å². The van der Waals surface area contributed by atoms with E-state index in [-0.39, 0.29) is 30.2 Å². The van der Waals surface area contributed by atoms with Crippen molar-refractivity contribution in [2.24, 2.45) is 5.73 Å². The first-order valence-corrected chi connectivity index (χ1v) is 7.58. The second-order valence-corrected chi connectivity index (χ2v) is 6.35. The monoisotopic (exact) mass is 299 g/mol. The van der Waals surface area contributed by atoms with Crippen LogP contribution >= 0.6 is 0 Å². The molecule has 2 aliphatic heterocycles. The molecule has 2 heterocycles. The van der Waals surface area contributed by atoms with Gasteiger partial charge in [-0.25, -0.2) is 0 Å². The fourth-order valence-corrected chi connectivity index (χ4v) is 3.73. The zero-order valence-electron chi connectivity index (χ0n) is 12.1. The van der Waals surface area contributed by atoms with Crippen molar-refractivity contribution in [1.29, 1.82) is 0 Å². The van der Waals surface area contributed by atoms with Gasteiger partial charge in [-0.15, -0.1) is 0 Å². The van der Waals surface area contributed by atoms with E-state index in [4.69, 9.17) is 5.73 Å². The fourth-order valence-electron chi connectivity index (χ4n) is 3.73. The van der Waals surface area contributed by atoms with Crippen LogP contribution in [0.5, 0.6) is 0 Å². The van der Waals surface area contributed by atoms with E-state index in [2.05, 4.69) is 11.4 Å². The Labute approximate surface area is 127 Å². The molecule has 3 N–H and O–H groups in total. The van der Waals surface area contributed by atoms with Gasteiger partial charge in [-0.05, 0) is 42.0 Å². The average molecular weight is 299 g/mol. The number of nitrogens with zero attached hydrogens (tertiary/aromatic N) is 1. The van der Waals surface area contributed by atoms with E-state index >= 15 is 0 Å². The first-order chi connectivity index (χ1) is 10.5. The number of hydrogen-bond donors (Lipinski definition) is 2. The lowest BCUT2D eigenvalue weighted by molar-refractivity contribution is -0.136. The molecular weight excluding hydrogens is 282 g/mol. The molecule has 0 radical (unpaired) electrons. The molecule has 6 heteroatoms. The molecule has 1 aromatic carbocycles. The van der Waals surface area contributed by atoms with E-state index in [0.717, 1.165) is 24.0 Å². The Morgan fingerprint density at radius 2 is 1.82 bits per heavy atom. The van der Waals surface area contributed by atoms with Crippen LogP contribution in [-0.4, -0.2) is 34.7 Å². The molecule has 6 nitrogen and oxygen atoms in total. The molecule has 2 atom stereocenters. The van der Waals surface area contributed by atoms with Crippen LogP contribution in [0.2, 0.25) is 0 Å². The van der Waals surface area contributed by atoms with Gasteiger partial charge in [0.05, 0.1) is 0 Å². The van der Waals surface area contributed by atoms with Crippen LogP contribution in [0, 0.1) is 0 Å². The number of hydrogen-bond acceptors (Lipinski definition) is 4. The van der Waals surface area contributed by atoms with Crippen molar-refractivity contribution in [3.05, 3.63) is 34.4 Å². The predicted molar refractivity (Wildman–Crippen MR) is 77.9 cm³/mol. The van der Waals surface area contributed by atoms with Crippen LogP contribution in [-0.2, 0) is 29.0 Å². The molecule has 0 aromatic heterocycles. The van der Waals surface area contributed by atoms with E-state index in [1.807, 2.05) is 6.07 Å². The number of carbonyl (C=O) groups excluding carboxylic acids is 3. The summed E-state index contributed by atoms with van der Waals surface area (Å²) in [7, 11) is 0. The maximum absolute atomic E-state index is 12.6. The van der Waals surface area contributed by atoms with E-state index in [1.54, 1.807) is 4.90 Å². The Hall–Kier alpha value is -2.21. The standard InChI is InChI=1S/C16H17N3O3/c17-11-4-8-3-10-7-19(13-1-2-14(20)18-15(13)21)16(22)12(10)6-9(8)5-11/h3,6,11,13H,1-2,4-5,7,17H2,(H,18,20,21)/t11?,13-/m1/s1. The first-order valence-electron chi connectivity index (χ1n) is 7.58. The minimum atomic E-state index is -0.547. The number of carbonyl (C=O) groups is 3.